The Morgan fingerprint density at radius 1 is 1.62 bits per heavy atom. The van der Waals surface area contributed by atoms with Gasteiger partial charge in [-0.25, -0.2) is 4.79 Å². The second-order valence-corrected chi connectivity index (χ2v) is 4.82. The molecule has 8 heteroatoms. The monoisotopic (exact) mass is 295 g/mol. The number of ether oxygens (including phenoxy) is 2. The standard InChI is InChI=1S/C13H17N3O5/c1-9(12-8-16(2)5-6-19-12)20-11-7-14-4-3-10(11)13(17)21-15-18/h3-4,7,9,12H,5-6,8H2,1-2H3. The molecule has 1 fully saturated rings. The minimum Gasteiger partial charge on any atom is -0.485 e. The van der Waals surface area contributed by atoms with Crippen molar-refractivity contribution >= 4 is 5.97 Å². The molecule has 1 aliphatic rings. The number of pyridine rings is 1. The van der Waals surface area contributed by atoms with Gasteiger partial charge < -0.3 is 14.4 Å². The third-order valence-electron chi connectivity index (χ3n) is 3.26. The summed E-state index contributed by atoms with van der Waals surface area (Å²) in [5.74, 6) is -0.647. The van der Waals surface area contributed by atoms with E-state index < -0.39 is 5.97 Å². The highest BCUT2D eigenvalue weighted by Crippen LogP contribution is 2.21. The molecular weight excluding hydrogens is 278 g/mol. The van der Waals surface area contributed by atoms with E-state index in [0.29, 0.717) is 6.61 Å². The summed E-state index contributed by atoms with van der Waals surface area (Å²) in [5.41, 5.74) is 0.0978. The van der Waals surface area contributed by atoms with Crippen molar-refractivity contribution in [2.24, 2.45) is 5.34 Å². The van der Waals surface area contributed by atoms with Gasteiger partial charge in [-0.1, -0.05) is 0 Å². The first kappa shape index (κ1) is 15.3. The molecule has 0 aromatic carbocycles. The van der Waals surface area contributed by atoms with Crippen molar-refractivity contribution in [3.8, 4) is 5.75 Å². The van der Waals surface area contributed by atoms with Crippen LogP contribution in [0.5, 0.6) is 5.75 Å². The maximum Gasteiger partial charge on any atom is 0.373 e. The quantitative estimate of drug-likeness (QED) is 0.591. The van der Waals surface area contributed by atoms with Gasteiger partial charge >= 0.3 is 5.97 Å². The molecule has 2 atom stereocenters. The Morgan fingerprint density at radius 2 is 2.43 bits per heavy atom. The molecule has 0 amide bonds. The lowest BCUT2D eigenvalue weighted by molar-refractivity contribution is -0.0692. The molecule has 2 rings (SSSR count). The molecule has 1 aromatic rings. The molecule has 1 saturated heterocycles. The lowest BCUT2D eigenvalue weighted by atomic mass is 10.2. The van der Waals surface area contributed by atoms with Crippen LogP contribution in [-0.4, -0.2) is 54.8 Å². The van der Waals surface area contributed by atoms with Crippen molar-refractivity contribution in [2.75, 3.05) is 26.7 Å². The molecule has 2 heterocycles. The van der Waals surface area contributed by atoms with Gasteiger partial charge in [0, 0.05) is 19.3 Å². The number of carbonyl (C=O) groups excluding carboxylic acids is 1. The maximum absolute atomic E-state index is 11.6. The lowest BCUT2D eigenvalue weighted by Gasteiger charge is -2.33. The molecule has 0 N–H and O–H groups in total. The van der Waals surface area contributed by atoms with Gasteiger partial charge in [-0.2, -0.15) is 0 Å². The SMILES string of the molecule is CC(Oc1cnccc1C(=O)ON=O)C1CN(C)CCO1. The Kier molecular flexibility index (Phi) is 5.18. The zero-order valence-corrected chi connectivity index (χ0v) is 11.9. The highest BCUT2D eigenvalue weighted by atomic mass is 16.7. The predicted octanol–water partition coefficient (Wildman–Crippen LogP) is 1.02. The summed E-state index contributed by atoms with van der Waals surface area (Å²) in [5, 5.41) is 2.13. The Morgan fingerprint density at radius 3 is 3.14 bits per heavy atom. The number of hydrogen-bond acceptors (Lipinski definition) is 8. The molecule has 0 bridgehead atoms. The minimum atomic E-state index is -0.878. The van der Waals surface area contributed by atoms with Crippen molar-refractivity contribution in [3.63, 3.8) is 0 Å². The van der Waals surface area contributed by atoms with Crippen LogP contribution in [0.25, 0.3) is 0 Å². The Labute approximate surface area is 121 Å². The fraction of sp³-hybridized carbons (Fsp3) is 0.538. The largest absolute Gasteiger partial charge is 0.485 e. The van der Waals surface area contributed by atoms with E-state index in [2.05, 4.69) is 20.1 Å². The first-order valence-electron chi connectivity index (χ1n) is 6.56. The maximum atomic E-state index is 11.6. The van der Waals surface area contributed by atoms with Crippen LogP contribution in [0.15, 0.2) is 23.8 Å². The van der Waals surface area contributed by atoms with Crippen LogP contribution in [0, 0.1) is 4.91 Å². The van der Waals surface area contributed by atoms with Gasteiger partial charge in [0.15, 0.2) is 11.1 Å². The first-order valence-corrected chi connectivity index (χ1v) is 6.56. The number of morpholine rings is 1. The van der Waals surface area contributed by atoms with E-state index >= 15 is 0 Å². The van der Waals surface area contributed by atoms with Crippen LogP contribution in [0.2, 0.25) is 0 Å². The Hall–Kier alpha value is -2.06. The van der Waals surface area contributed by atoms with Crippen LogP contribution in [-0.2, 0) is 9.57 Å². The van der Waals surface area contributed by atoms with Crippen molar-refractivity contribution in [2.45, 2.75) is 19.1 Å². The van der Waals surface area contributed by atoms with Crippen LogP contribution < -0.4 is 4.74 Å². The van der Waals surface area contributed by atoms with Gasteiger partial charge in [0.05, 0.1) is 12.8 Å². The number of carbonyl (C=O) groups is 1. The third kappa shape index (κ3) is 3.96. The van der Waals surface area contributed by atoms with Crippen LogP contribution in [0.4, 0.5) is 0 Å². The van der Waals surface area contributed by atoms with E-state index in [-0.39, 0.29) is 23.5 Å². The van der Waals surface area contributed by atoms with E-state index in [1.54, 1.807) is 0 Å². The Balaban J connectivity index is 2.08. The van der Waals surface area contributed by atoms with E-state index in [1.807, 2.05) is 14.0 Å². The van der Waals surface area contributed by atoms with E-state index in [1.165, 1.54) is 18.5 Å². The summed E-state index contributed by atoms with van der Waals surface area (Å²) < 4.78 is 11.4. The molecule has 0 radical (unpaired) electrons. The summed E-state index contributed by atoms with van der Waals surface area (Å²) in [6, 6.07) is 1.41. The minimum absolute atomic E-state index is 0.0978. The summed E-state index contributed by atoms with van der Waals surface area (Å²) in [6.07, 6.45) is 2.40. The summed E-state index contributed by atoms with van der Waals surface area (Å²) in [6.45, 7) is 4.09. The van der Waals surface area contributed by atoms with Gasteiger partial charge in [-0.15, -0.1) is 4.91 Å². The van der Waals surface area contributed by atoms with Crippen molar-refractivity contribution < 1.29 is 19.1 Å². The fourth-order valence-electron chi connectivity index (χ4n) is 2.10. The molecule has 8 nitrogen and oxygen atoms in total. The number of likely N-dealkylation sites (N-methyl/N-ethyl adjacent to an activating group) is 1. The topological polar surface area (TPSA) is 90.3 Å². The van der Waals surface area contributed by atoms with Gasteiger partial charge in [0.1, 0.15) is 17.8 Å². The first-order chi connectivity index (χ1) is 10.1. The van der Waals surface area contributed by atoms with E-state index in [9.17, 15) is 9.70 Å². The highest BCUT2D eigenvalue weighted by Gasteiger charge is 2.26. The van der Waals surface area contributed by atoms with Gasteiger partial charge in [-0.3, -0.25) is 9.82 Å². The molecule has 0 spiro atoms. The Bertz CT molecular complexity index is 510. The molecule has 21 heavy (non-hydrogen) atoms. The number of rotatable bonds is 5. The average Bonchev–Trinajstić information content (AvgIpc) is 2.48. The van der Waals surface area contributed by atoms with Crippen molar-refractivity contribution in [1.29, 1.82) is 0 Å². The molecule has 1 aliphatic heterocycles. The van der Waals surface area contributed by atoms with Crippen molar-refractivity contribution in [1.82, 2.24) is 9.88 Å². The predicted molar refractivity (Wildman–Crippen MR) is 72.8 cm³/mol. The second-order valence-electron chi connectivity index (χ2n) is 4.82. The molecular formula is C13H17N3O5. The van der Waals surface area contributed by atoms with E-state index in [0.717, 1.165) is 13.1 Å². The number of nitrogens with zero attached hydrogens (tertiary/aromatic N) is 3. The molecule has 2 unspecified atom stereocenters. The van der Waals surface area contributed by atoms with Crippen LogP contribution in [0.3, 0.4) is 0 Å². The van der Waals surface area contributed by atoms with Gasteiger partial charge in [0.25, 0.3) is 0 Å². The van der Waals surface area contributed by atoms with Gasteiger partial charge in [0.2, 0.25) is 0 Å². The van der Waals surface area contributed by atoms with Crippen molar-refractivity contribution in [3.05, 3.63) is 28.9 Å². The fourth-order valence-corrected chi connectivity index (χ4v) is 2.10. The number of aromatic nitrogens is 1. The molecule has 0 aliphatic carbocycles. The average molecular weight is 295 g/mol. The van der Waals surface area contributed by atoms with Crippen LogP contribution in [0.1, 0.15) is 17.3 Å². The zero-order chi connectivity index (χ0) is 15.2. The van der Waals surface area contributed by atoms with E-state index in [4.69, 9.17) is 9.47 Å². The second kappa shape index (κ2) is 7.09. The smallest absolute Gasteiger partial charge is 0.373 e. The molecule has 1 aromatic heterocycles. The summed E-state index contributed by atoms with van der Waals surface area (Å²) in [7, 11) is 2.00. The molecule has 0 saturated carbocycles. The normalized spacial score (nSPS) is 20.6. The van der Waals surface area contributed by atoms with Crippen LogP contribution >= 0.6 is 0 Å². The lowest BCUT2D eigenvalue weighted by Crippen LogP contribution is -2.46. The third-order valence-corrected chi connectivity index (χ3v) is 3.26. The summed E-state index contributed by atoms with van der Waals surface area (Å²) >= 11 is 0. The zero-order valence-electron chi connectivity index (χ0n) is 11.9. The number of hydrogen-bond donors (Lipinski definition) is 0. The highest BCUT2D eigenvalue weighted by molar-refractivity contribution is 5.92. The summed E-state index contributed by atoms with van der Waals surface area (Å²) in [4.78, 5) is 31.8. The van der Waals surface area contributed by atoms with Gasteiger partial charge in [-0.05, 0) is 20.0 Å². The molecule has 114 valence electrons.